The fraction of sp³-hybridized carbons (Fsp3) is 0.700. The number of pyridine rings is 1. The van der Waals surface area contributed by atoms with Crippen molar-refractivity contribution < 1.29 is 4.57 Å². The summed E-state index contributed by atoms with van der Waals surface area (Å²) in [5, 5.41) is 6.25. The van der Waals surface area contributed by atoms with Gasteiger partial charge in [0.1, 0.15) is 6.54 Å². The molecule has 0 aliphatic rings. The van der Waals surface area contributed by atoms with E-state index in [1.165, 1.54) is 76.3 Å². The summed E-state index contributed by atoms with van der Waals surface area (Å²) in [5.41, 5.74) is 1.44. The van der Waals surface area contributed by atoms with Crippen molar-refractivity contribution in [3.05, 3.63) is 36.7 Å². The van der Waals surface area contributed by atoms with Crippen LogP contribution in [0, 0.1) is 11.8 Å². The third-order valence-electron chi connectivity index (χ3n) is 4.10. The summed E-state index contributed by atoms with van der Waals surface area (Å²) < 4.78 is 2.35. The van der Waals surface area contributed by atoms with Crippen molar-refractivity contribution in [2.75, 3.05) is 0 Å². The monoisotopic (exact) mass is 302 g/mol. The third-order valence-corrected chi connectivity index (χ3v) is 4.10. The van der Waals surface area contributed by atoms with Crippen LogP contribution in [0.5, 0.6) is 0 Å². The summed E-state index contributed by atoms with van der Waals surface area (Å²) in [4.78, 5) is 0. The standard InChI is InChI=1S/C19H34N.CN/c1-3-5-6-7-8-9-10-11-12-13-16-20-17-14-15-19(4-2)18-20;1-2/h14-15,17-18H,3-13,16H2,1-2H3;/q+1;-1. The minimum Gasteiger partial charge on any atom is -0.512 e. The first kappa shape index (κ1) is 20.6. The smallest absolute Gasteiger partial charge is 0.171 e. The molecule has 1 rings (SSSR count). The fourth-order valence-electron chi connectivity index (χ4n) is 2.71. The lowest BCUT2D eigenvalue weighted by Gasteiger charge is -2.02. The highest BCUT2D eigenvalue weighted by Gasteiger charge is 2.01. The molecule has 0 saturated carbocycles. The average Bonchev–Trinajstić information content (AvgIpc) is 2.58. The average molecular weight is 303 g/mol. The molecule has 0 amide bonds. The minimum absolute atomic E-state index is 1.14. The highest BCUT2D eigenvalue weighted by molar-refractivity contribution is 5.04. The fourth-order valence-corrected chi connectivity index (χ4v) is 2.71. The van der Waals surface area contributed by atoms with Gasteiger partial charge in [-0.3, -0.25) is 0 Å². The molecule has 0 radical (unpaired) electrons. The summed E-state index contributed by atoms with van der Waals surface area (Å²) in [6.07, 6.45) is 19.8. The summed E-state index contributed by atoms with van der Waals surface area (Å²) in [5.74, 6) is 0. The van der Waals surface area contributed by atoms with E-state index < -0.39 is 0 Å². The molecule has 0 spiro atoms. The maximum absolute atomic E-state index is 6.25. The molecule has 0 N–H and O–H groups in total. The molecule has 0 aromatic carbocycles. The Balaban J connectivity index is 0.00000211. The first-order valence-electron chi connectivity index (χ1n) is 9.07. The molecule has 22 heavy (non-hydrogen) atoms. The molecule has 0 aliphatic carbocycles. The molecular formula is C20H34N2. The van der Waals surface area contributed by atoms with Gasteiger partial charge in [0.05, 0.1) is 0 Å². The quantitative estimate of drug-likeness (QED) is 0.282. The van der Waals surface area contributed by atoms with Gasteiger partial charge in [0, 0.05) is 18.1 Å². The second-order valence-electron chi connectivity index (χ2n) is 5.99. The van der Waals surface area contributed by atoms with Gasteiger partial charge in [-0.05, 0) is 18.9 Å². The molecule has 0 fully saturated rings. The van der Waals surface area contributed by atoms with Crippen LogP contribution >= 0.6 is 0 Å². The molecule has 2 heteroatoms. The number of aromatic nitrogens is 1. The van der Waals surface area contributed by atoms with Crippen LogP contribution in [0.4, 0.5) is 0 Å². The van der Waals surface area contributed by atoms with E-state index in [1.807, 2.05) is 0 Å². The van der Waals surface area contributed by atoms with E-state index in [4.69, 9.17) is 11.8 Å². The molecular weight excluding hydrogens is 268 g/mol. The van der Waals surface area contributed by atoms with Gasteiger partial charge in [0.15, 0.2) is 12.4 Å². The zero-order chi connectivity index (χ0) is 16.5. The Bertz CT molecular complexity index is 371. The topological polar surface area (TPSA) is 27.7 Å². The summed E-state index contributed by atoms with van der Waals surface area (Å²) >= 11 is 0. The van der Waals surface area contributed by atoms with Crippen molar-refractivity contribution in [1.82, 2.24) is 0 Å². The number of hydrogen-bond acceptors (Lipinski definition) is 1. The van der Waals surface area contributed by atoms with Gasteiger partial charge in [-0.2, -0.15) is 0 Å². The molecule has 2 nitrogen and oxygen atoms in total. The number of unbranched alkanes of at least 4 members (excludes halogenated alkanes) is 9. The van der Waals surface area contributed by atoms with Crippen molar-refractivity contribution in [2.45, 2.75) is 91.0 Å². The van der Waals surface area contributed by atoms with Gasteiger partial charge in [-0.25, -0.2) is 4.57 Å². The van der Waals surface area contributed by atoms with Gasteiger partial charge in [0.2, 0.25) is 0 Å². The molecule has 1 aromatic rings. The second kappa shape index (κ2) is 16.0. The van der Waals surface area contributed by atoms with E-state index in [9.17, 15) is 0 Å². The van der Waals surface area contributed by atoms with Crippen LogP contribution in [-0.4, -0.2) is 0 Å². The molecule has 0 saturated heterocycles. The van der Waals surface area contributed by atoms with E-state index in [1.54, 1.807) is 0 Å². The molecule has 124 valence electrons. The Kier molecular flexibility index (Phi) is 15.0. The molecule has 0 atom stereocenters. The van der Waals surface area contributed by atoms with Crippen LogP contribution in [0.3, 0.4) is 0 Å². The Labute approximate surface area is 138 Å². The normalized spacial score (nSPS) is 10.0. The van der Waals surface area contributed by atoms with E-state index in [2.05, 4.69) is 42.9 Å². The van der Waals surface area contributed by atoms with Gasteiger partial charge >= 0.3 is 0 Å². The van der Waals surface area contributed by atoms with Gasteiger partial charge in [0.25, 0.3) is 0 Å². The predicted molar refractivity (Wildman–Crippen MR) is 92.8 cm³/mol. The third kappa shape index (κ3) is 11.3. The number of hydrogen-bond donors (Lipinski definition) is 0. The van der Waals surface area contributed by atoms with Crippen molar-refractivity contribution in [1.29, 1.82) is 5.26 Å². The lowest BCUT2D eigenvalue weighted by molar-refractivity contribution is -0.697. The maximum atomic E-state index is 6.25. The van der Waals surface area contributed by atoms with Crippen LogP contribution in [0.25, 0.3) is 0 Å². The van der Waals surface area contributed by atoms with E-state index in [-0.39, 0.29) is 0 Å². The zero-order valence-corrected chi connectivity index (χ0v) is 14.7. The van der Waals surface area contributed by atoms with Crippen molar-refractivity contribution in [3.8, 4) is 0 Å². The summed E-state index contributed by atoms with van der Waals surface area (Å²) in [6.45, 7) is 10.4. The number of aryl methyl sites for hydroxylation is 2. The molecule has 0 unspecified atom stereocenters. The van der Waals surface area contributed by atoms with Crippen molar-refractivity contribution in [3.63, 3.8) is 0 Å². The SMILES string of the molecule is CCCCCCCCCCCC[n+]1cccc(CC)c1.[C-]#N. The largest absolute Gasteiger partial charge is 0.512 e. The van der Waals surface area contributed by atoms with Crippen molar-refractivity contribution >= 4 is 0 Å². The van der Waals surface area contributed by atoms with E-state index in [0.29, 0.717) is 0 Å². The lowest BCUT2D eigenvalue weighted by Crippen LogP contribution is -2.33. The van der Waals surface area contributed by atoms with Crippen LogP contribution in [0.15, 0.2) is 24.5 Å². The highest BCUT2D eigenvalue weighted by atomic mass is 14.9. The van der Waals surface area contributed by atoms with Crippen LogP contribution in [0.1, 0.15) is 83.6 Å². The summed E-state index contributed by atoms with van der Waals surface area (Å²) in [6, 6.07) is 4.39. The van der Waals surface area contributed by atoms with Gasteiger partial charge in [-0.15, -0.1) is 0 Å². The number of rotatable bonds is 12. The first-order chi connectivity index (χ1) is 10.9. The van der Waals surface area contributed by atoms with Gasteiger partial charge < -0.3 is 11.8 Å². The summed E-state index contributed by atoms with van der Waals surface area (Å²) in [7, 11) is 0. The number of nitrogens with zero attached hydrogens (tertiary/aromatic N) is 2. The van der Waals surface area contributed by atoms with Crippen LogP contribution in [-0.2, 0) is 13.0 Å². The Morgan fingerprint density at radius 2 is 1.41 bits per heavy atom. The van der Waals surface area contributed by atoms with Crippen molar-refractivity contribution in [2.24, 2.45) is 0 Å². The second-order valence-corrected chi connectivity index (χ2v) is 5.99. The Hall–Kier alpha value is -1.36. The zero-order valence-electron chi connectivity index (χ0n) is 14.7. The molecule has 0 bridgehead atoms. The molecule has 1 aromatic heterocycles. The van der Waals surface area contributed by atoms with Crippen LogP contribution < -0.4 is 4.57 Å². The minimum atomic E-state index is 1.14. The first-order valence-corrected chi connectivity index (χ1v) is 9.07. The Morgan fingerprint density at radius 1 is 0.864 bits per heavy atom. The highest BCUT2D eigenvalue weighted by Crippen LogP contribution is 2.10. The van der Waals surface area contributed by atoms with Crippen LogP contribution in [0.2, 0.25) is 0 Å². The molecule has 0 aliphatic heterocycles. The lowest BCUT2D eigenvalue weighted by atomic mass is 10.1. The Morgan fingerprint density at radius 3 is 1.95 bits per heavy atom. The van der Waals surface area contributed by atoms with E-state index in [0.717, 1.165) is 6.42 Å². The maximum Gasteiger partial charge on any atom is 0.171 e. The predicted octanol–water partition coefficient (Wildman–Crippen LogP) is 5.55. The van der Waals surface area contributed by atoms with Gasteiger partial charge in [-0.1, -0.05) is 65.2 Å². The molecule has 1 heterocycles. The van der Waals surface area contributed by atoms with E-state index >= 15 is 0 Å².